The van der Waals surface area contributed by atoms with Gasteiger partial charge in [0, 0.05) is 26.7 Å². The van der Waals surface area contributed by atoms with Crippen molar-refractivity contribution < 1.29 is 0 Å². The smallest absolute Gasteiger partial charge is 0.137 e. The van der Waals surface area contributed by atoms with Crippen molar-refractivity contribution >= 4 is 46.4 Å². The lowest BCUT2D eigenvalue weighted by Gasteiger charge is -2.40. The lowest BCUT2D eigenvalue weighted by atomic mass is 9.74. The van der Waals surface area contributed by atoms with E-state index in [2.05, 4.69) is 23.9 Å². The molecular formula is C17H21Cl4N3. The average Bonchev–Trinajstić information content (AvgIpc) is 3.05. The highest BCUT2D eigenvalue weighted by atomic mass is 35.5. The zero-order valence-corrected chi connectivity index (χ0v) is 16.7. The van der Waals surface area contributed by atoms with E-state index in [1.54, 1.807) is 17.1 Å². The minimum absolute atomic E-state index is 0.210. The molecule has 0 aliphatic heterocycles. The van der Waals surface area contributed by atoms with E-state index < -0.39 is 5.41 Å². The summed E-state index contributed by atoms with van der Waals surface area (Å²) < 4.78 is 1.75. The first-order valence-electron chi connectivity index (χ1n) is 7.92. The quantitative estimate of drug-likeness (QED) is 0.516. The van der Waals surface area contributed by atoms with Gasteiger partial charge in [0.2, 0.25) is 0 Å². The number of nitrogens with zero attached hydrogens (tertiary/aromatic N) is 3. The van der Waals surface area contributed by atoms with E-state index in [0.29, 0.717) is 22.5 Å². The predicted molar refractivity (Wildman–Crippen MR) is 103 cm³/mol. The molecule has 132 valence electrons. The van der Waals surface area contributed by atoms with Gasteiger partial charge in [-0.2, -0.15) is 5.10 Å². The highest BCUT2D eigenvalue weighted by Crippen LogP contribution is 2.43. The molecule has 2 aromatic rings. The summed E-state index contributed by atoms with van der Waals surface area (Å²) in [6, 6.07) is 5.46. The maximum absolute atomic E-state index is 6.96. The fourth-order valence-electron chi connectivity index (χ4n) is 3.15. The first-order chi connectivity index (χ1) is 11.4. The van der Waals surface area contributed by atoms with Crippen molar-refractivity contribution in [3.63, 3.8) is 0 Å². The van der Waals surface area contributed by atoms with Crippen molar-refractivity contribution in [1.29, 1.82) is 0 Å². The first kappa shape index (κ1) is 19.8. The number of hydrogen-bond acceptors (Lipinski definition) is 2. The third kappa shape index (κ3) is 4.19. The lowest BCUT2D eigenvalue weighted by Crippen LogP contribution is -2.45. The van der Waals surface area contributed by atoms with E-state index in [-0.39, 0.29) is 11.3 Å². The Kier molecular flexibility index (Phi) is 7.23. The van der Waals surface area contributed by atoms with Gasteiger partial charge in [0.05, 0.1) is 6.54 Å². The summed E-state index contributed by atoms with van der Waals surface area (Å²) in [5, 5.41) is 5.17. The van der Waals surface area contributed by atoms with Crippen molar-refractivity contribution in [3.05, 3.63) is 46.5 Å². The summed E-state index contributed by atoms with van der Waals surface area (Å²) in [6.45, 7) is 4.79. The number of halogens is 4. The van der Waals surface area contributed by atoms with Crippen LogP contribution in [0.5, 0.6) is 0 Å². The van der Waals surface area contributed by atoms with E-state index in [1.807, 2.05) is 12.1 Å². The molecule has 0 saturated heterocycles. The van der Waals surface area contributed by atoms with E-state index >= 15 is 0 Å². The van der Waals surface area contributed by atoms with Gasteiger partial charge in [-0.05, 0) is 30.0 Å². The molecule has 0 amide bonds. The number of alkyl halides is 2. The van der Waals surface area contributed by atoms with Crippen molar-refractivity contribution in [3.8, 4) is 0 Å². The van der Waals surface area contributed by atoms with Gasteiger partial charge < -0.3 is 0 Å². The molecule has 0 aliphatic rings. The molecule has 0 aliphatic carbocycles. The summed E-state index contributed by atoms with van der Waals surface area (Å²) in [5.74, 6) is 0.585. The fourth-order valence-corrected chi connectivity index (χ4v) is 4.61. The molecule has 7 heteroatoms. The van der Waals surface area contributed by atoms with Gasteiger partial charge in [-0.25, -0.2) is 4.98 Å². The van der Waals surface area contributed by atoms with Gasteiger partial charge in [0.1, 0.15) is 12.7 Å². The molecule has 0 spiro atoms. The van der Waals surface area contributed by atoms with Gasteiger partial charge in [-0.1, -0.05) is 49.5 Å². The largest absolute Gasteiger partial charge is 0.252 e. The minimum Gasteiger partial charge on any atom is -0.252 e. The summed E-state index contributed by atoms with van der Waals surface area (Å²) in [4.78, 5) is 4.02. The second-order valence-electron chi connectivity index (χ2n) is 6.17. The molecule has 0 radical (unpaired) electrons. The summed E-state index contributed by atoms with van der Waals surface area (Å²) in [5.41, 5.74) is 0.314. The Labute approximate surface area is 163 Å². The average molecular weight is 409 g/mol. The van der Waals surface area contributed by atoms with Crippen LogP contribution in [0.4, 0.5) is 0 Å². The van der Waals surface area contributed by atoms with Crippen molar-refractivity contribution in [2.75, 3.05) is 5.88 Å². The minimum atomic E-state index is -0.576. The van der Waals surface area contributed by atoms with Gasteiger partial charge in [-0.3, -0.25) is 4.68 Å². The molecule has 0 bridgehead atoms. The molecule has 24 heavy (non-hydrogen) atoms. The van der Waals surface area contributed by atoms with Gasteiger partial charge in [-0.15, -0.1) is 23.2 Å². The van der Waals surface area contributed by atoms with Crippen molar-refractivity contribution in [2.24, 2.45) is 5.92 Å². The molecule has 3 nitrogen and oxygen atoms in total. The molecule has 1 heterocycles. The van der Waals surface area contributed by atoms with Crippen LogP contribution in [0.15, 0.2) is 30.9 Å². The van der Waals surface area contributed by atoms with Gasteiger partial charge in [0.15, 0.2) is 0 Å². The fraction of sp³-hybridized carbons (Fsp3) is 0.529. The van der Waals surface area contributed by atoms with E-state index in [9.17, 15) is 0 Å². The molecule has 3 atom stereocenters. The first-order valence-corrected chi connectivity index (χ1v) is 9.65. The number of benzene rings is 1. The van der Waals surface area contributed by atoms with E-state index in [0.717, 1.165) is 18.4 Å². The number of rotatable bonds is 8. The van der Waals surface area contributed by atoms with Crippen LogP contribution in [0.2, 0.25) is 10.0 Å². The number of hydrogen-bond donors (Lipinski definition) is 0. The van der Waals surface area contributed by atoms with Crippen LogP contribution in [0, 0.1) is 5.92 Å². The van der Waals surface area contributed by atoms with Crippen LogP contribution in [0.25, 0.3) is 0 Å². The molecule has 3 unspecified atom stereocenters. The summed E-state index contributed by atoms with van der Waals surface area (Å²) in [7, 11) is 0. The van der Waals surface area contributed by atoms with Gasteiger partial charge >= 0.3 is 0 Å². The van der Waals surface area contributed by atoms with Crippen LogP contribution in [-0.2, 0) is 12.0 Å². The number of aromatic nitrogens is 3. The molecule has 0 N–H and O–H groups in total. The Bertz CT molecular complexity index is 647. The Morgan fingerprint density at radius 1 is 1.29 bits per heavy atom. The lowest BCUT2D eigenvalue weighted by molar-refractivity contribution is 0.301. The standard InChI is InChI=1S/C17H21Cl4N3/c1-3-4-12(2)16(21)17(8-18,9-24-11-22-10-23-24)14-6-5-13(19)7-15(14)20/h5-7,10-12,16H,3-4,8-9H2,1-2H3. The molecule has 1 aromatic heterocycles. The predicted octanol–water partition coefficient (Wildman–Crippen LogP) is 5.81. The SMILES string of the molecule is CCCC(C)C(Cl)C(CCl)(Cn1cncn1)c1ccc(Cl)cc1Cl. The van der Waals surface area contributed by atoms with Crippen LogP contribution in [0.1, 0.15) is 32.3 Å². The van der Waals surface area contributed by atoms with Crippen molar-refractivity contribution in [1.82, 2.24) is 14.8 Å². The maximum Gasteiger partial charge on any atom is 0.137 e. The van der Waals surface area contributed by atoms with Gasteiger partial charge in [0.25, 0.3) is 0 Å². The zero-order valence-electron chi connectivity index (χ0n) is 13.7. The Morgan fingerprint density at radius 2 is 2.04 bits per heavy atom. The third-order valence-corrected chi connectivity index (χ3v) is 6.26. The topological polar surface area (TPSA) is 30.7 Å². The molecule has 0 saturated carbocycles. The van der Waals surface area contributed by atoms with E-state index in [1.165, 1.54) is 6.33 Å². The zero-order chi connectivity index (χ0) is 17.7. The monoisotopic (exact) mass is 407 g/mol. The highest BCUT2D eigenvalue weighted by molar-refractivity contribution is 6.35. The Hall–Kier alpha value is -0.480. The van der Waals surface area contributed by atoms with E-state index in [4.69, 9.17) is 46.4 Å². The third-order valence-electron chi connectivity index (χ3n) is 4.39. The second-order valence-corrected chi connectivity index (χ2v) is 7.76. The summed E-state index contributed by atoms with van der Waals surface area (Å²) >= 11 is 26.0. The normalized spacial score (nSPS) is 16.6. The second kappa shape index (κ2) is 8.75. The van der Waals surface area contributed by atoms with Crippen LogP contribution in [0.3, 0.4) is 0 Å². The maximum atomic E-state index is 6.96. The summed E-state index contributed by atoms with van der Waals surface area (Å²) in [6.07, 6.45) is 5.23. The van der Waals surface area contributed by atoms with Crippen LogP contribution in [-0.4, -0.2) is 26.0 Å². The highest BCUT2D eigenvalue weighted by Gasteiger charge is 2.43. The Morgan fingerprint density at radius 3 is 2.58 bits per heavy atom. The van der Waals surface area contributed by atoms with Crippen LogP contribution >= 0.6 is 46.4 Å². The van der Waals surface area contributed by atoms with Crippen molar-refractivity contribution in [2.45, 2.75) is 44.0 Å². The molecular weight excluding hydrogens is 388 g/mol. The molecule has 2 rings (SSSR count). The Balaban J connectivity index is 2.53. The molecule has 1 aromatic carbocycles. The van der Waals surface area contributed by atoms with Crippen LogP contribution < -0.4 is 0 Å². The molecule has 0 fully saturated rings.